The van der Waals surface area contributed by atoms with E-state index in [0.29, 0.717) is 4.85 Å². The molecule has 66 valence electrons. The molecule has 0 unspecified atom stereocenters. The van der Waals surface area contributed by atoms with Crippen LogP contribution < -0.4 is 0 Å². The summed E-state index contributed by atoms with van der Waals surface area (Å²) in [4.78, 5) is 11.2. The minimum Gasteiger partial charge on any atom is -0.478 e. The molecular weight excluding hydrogens is 174 g/mol. The average molecular weight is 179 g/mol. The van der Waals surface area contributed by atoms with Crippen molar-refractivity contribution in [2.24, 2.45) is 0 Å². The Labute approximate surface area is 72.0 Å². The van der Waals surface area contributed by atoms with Crippen LogP contribution in [0.2, 0.25) is 0 Å². The van der Waals surface area contributed by atoms with Crippen LogP contribution in [0.4, 0.5) is 0 Å². The van der Waals surface area contributed by atoms with Gasteiger partial charge in [0.05, 0.1) is 5.56 Å². The first kappa shape index (κ1) is 7.53. The molecule has 0 aliphatic rings. The fraction of sp³-hybridized carbons (Fsp3) is 0. The van der Waals surface area contributed by atoms with Crippen molar-refractivity contribution in [3.8, 4) is 0 Å². The van der Waals surface area contributed by atoms with Gasteiger partial charge < -0.3 is 10.3 Å². The van der Waals surface area contributed by atoms with Crippen LogP contribution in [0.15, 0.2) is 18.2 Å². The molecule has 1 aromatic heterocycles. The summed E-state index contributed by atoms with van der Waals surface area (Å²) in [7, 11) is 0. The van der Waals surface area contributed by atoms with Gasteiger partial charge in [0.2, 0.25) is 0 Å². The van der Waals surface area contributed by atoms with Gasteiger partial charge in [-0.2, -0.15) is 0 Å². The zero-order chi connectivity index (χ0) is 9.42. The van der Waals surface area contributed by atoms with Gasteiger partial charge in [-0.25, -0.2) is 4.79 Å². The maximum absolute atomic E-state index is 10.7. The topological polar surface area (TPSA) is 88.2 Å². The van der Waals surface area contributed by atoms with Crippen LogP contribution in [-0.2, 0) is 0 Å². The van der Waals surface area contributed by atoms with E-state index < -0.39 is 5.97 Å². The van der Waals surface area contributed by atoms with E-state index in [1.165, 1.54) is 18.2 Å². The van der Waals surface area contributed by atoms with Crippen LogP contribution in [-0.4, -0.2) is 31.4 Å². The number of fused-ring (bicyclic) bond motifs is 1. The molecule has 2 aromatic rings. The third kappa shape index (κ3) is 0.994. The summed E-state index contributed by atoms with van der Waals surface area (Å²) in [5.74, 6) is -1.09. The van der Waals surface area contributed by atoms with E-state index in [2.05, 4.69) is 10.3 Å². The second kappa shape index (κ2) is 2.44. The van der Waals surface area contributed by atoms with Crippen molar-refractivity contribution < 1.29 is 15.1 Å². The largest absolute Gasteiger partial charge is 0.478 e. The van der Waals surface area contributed by atoms with Crippen molar-refractivity contribution in [1.82, 2.24) is 15.2 Å². The lowest BCUT2D eigenvalue weighted by Gasteiger charge is -1.93. The molecule has 2 N–H and O–H groups in total. The summed E-state index contributed by atoms with van der Waals surface area (Å²) in [6.45, 7) is 0. The molecule has 1 aromatic carbocycles. The van der Waals surface area contributed by atoms with Crippen LogP contribution >= 0.6 is 0 Å². The van der Waals surface area contributed by atoms with Crippen LogP contribution in [0.1, 0.15) is 10.4 Å². The van der Waals surface area contributed by atoms with E-state index >= 15 is 0 Å². The number of aromatic nitrogens is 3. The Morgan fingerprint density at radius 2 is 2.23 bits per heavy atom. The molecule has 13 heavy (non-hydrogen) atoms. The average Bonchev–Trinajstić information content (AvgIpc) is 2.48. The van der Waals surface area contributed by atoms with Gasteiger partial charge in [-0.15, -0.1) is 5.10 Å². The lowest BCUT2D eigenvalue weighted by atomic mass is 10.2. The highest BCUT2D eigenvalue weighted by atomic mass is 16.5. The van der Waals surface area contributed by atoms with Gasteiger partial charge in [-0.05, 0) is 17.3 Å². The number of carboxylic acid groups (broad SMARTS) is 1. The molecule has 0 aliphatic heterocycles. The second-order valence-electron chi connectivity index (χ2n) is 2.46. The fourth-order valence-electron chi connectivity index (χ4n) is 1.11. The quantitative estimate of drug-likeness (QED) is 0.617. The highest BCUT2D eigenvalue weighted by molar-refractivity contribution is 6.00. The molecule has 0 bridgehead atoms. The molecule has 0 aliphatic carbocycles. The molecule has 2 rings (SSSR count). The number of aromatic carboxylic acids is 1. The van der Waals surface area contributed by atoms with Gasteiger partial charge in [0.15, 0.2) is 0 Å². The van der Waals surface area contributed by atoms with Crippen molar-refractivity contribution in [3.63, 3.8) is 0 Å². The van der Waals surface area contributed by atoms with Crippen LogP contribution in [0.3, 0.4) is 0 Å². The van der Waals surface area contributed by atoms with Crippen LogP contribution in [0.25, 0.3) is 11.0 Å². The molecule has 0 radical (unpaired) electrons. The Morgan fingerprint density at radius 1 is 1.46 bits per heavy atom. The van der Waals surface area contributed by atoms with Crippen molar-refractivity contribution in [2.75, 3.05) is 0 Å². The Kier molecular flexibility index (Phi) is 1.42. The van der Waals surface area contributed by atoms with Gasteiger partial charge in [-0.3, -0.25) is 0 Å². The third-order valence-corrected chi connectivity index (χ3v) is 1.69. The predicted octanol–water partition coefficient (Wildman–Crippen LogP) is 0.367. The van der Waals surface area contributed by atoms with E-state index in [1.54, 1.807) is 0 Å². The van der Waals surface area contributed by atoms with E-state index in [0.717, 1.165) is 0 Å². The summed E-state index contributed by atoms with van der Waals surface area (Å²) in [5.41, 5.74) is 0.482. The number of rotatable bonds is 1. The Bertz CT molecular complexity index is 477. The summed E-state index contributed by atoms with van der Waals surface area (Å²) < 4.78 is 0. The number of hydrogen-bond acceptors (Lipinski definition) is 4. The normalized spacial score (nSPS) is 10.5. The number of hydrogen-bond donors (Lipinski definition) is 2. The SMILES string of the molecule is O=C(O)c1cccc2c1nnn2O. The van der Waals surface area contributed by atoms with Crippen LogP contribution in [0, 0.1) is 0 Å². The first-order valence-corrected chi connectivity index (χ1v) is 3.47. The van der Waals surface area contributed by atoms with Crippen molar-refractivity contribution in [3.05, 3.63) is 23.8 Å². The summed E-state index contributed by atoms with van der Waals surface area (Å²) in [6.07, 6.45) is 0. The summed E-state index contributed by atoms with van der Waals surface area (Å²) in [5, 5.41) is 24.6. The second-order valence-corrected chi connectivity index (χ2v) is 2.46. The molecule has 0 fully saturated rings. The van der Waals surface area contributed by atoms with Crippen molar-refractivity contribution in [2.45, 2.75) is 0 Å². The lowest BCUT2D eigenvalue weighted by molar-refractivity contribution is 0.0699. The van der Waals surface area contributed by atoms with Crippen molar-refractivity contribution >= 4 is 17.0 Å². The fourth-order valence-corrected chi connectivity index (χ4v) is 1.11. The third-order valence-electron chi connectivity index (χ3n) is 1.69. The predicted molar refractivity (Wildman–Crippen MR) is 41.7 cm³/mol. The molecule has 0 amide bonds. The molecule has 0 spiro atoms. The lowest BCUT2D eigenvalue weighted by Crippen LogP contribution is -1.97. The van der Waals surface area contributed by atoms with E-state index in [-0.39, 0.29) is 16.6 Å². The molecular formula is C7H5N3O3. The first-order valence-electron chi connectivity index (χ1n) is 3.47. The number of benzene rings is 1. The Balaban J connectivity index is 2.84. The molecule has 0 saturated carbocycles. The van der Waals surface area contributed by atoms with E-state index in [9.17, 15) is 4.79 Å². The summed E-state index contributed by atoms with van der Waals surface area (Å²) in [6, 6.07) is 4.45. The van der Waals surface area contributed by atoms with E-state index in [1.807, 2.05) is 0 Å². The number of carbonyl (C=O) groups is 1. The Morgan fingerprint density at radius 3 is 2.92 bits per heavy atom. The van der Waals surface area contributed by atoms with Gasteiger partial charge >= 0.3 is 5.97 Å². The maximum atomic E-state index is 10.7. The van der Waals surface area contributed by atoms with Crippen LogP contribution in [0.5, 0.6) is 0 Å². The Hall–Kier alpha value is -2.11. The number of nitrogens with zero attached hydrogens (tertiary/aromatic N) is 3. The molecule has 0 atom stereocenters. The molecule has 1 heterocycles. The van der Waals surface area contributed by atoms with Crippen molar-refractivity contribution in [1.29, 1.82) is 0 Å². The monoisotopic (exact) mass is 179 g/mol. The zero-order valence-corrected chi connectivity index (χ0v) is 6.38. The highest BCUT2D eigenvalue weighted by Gasteiger charge is 2.12. The van der Waals surface area contributed by atoms with Gasteiger partial charge in [-0.1, -0.05) is 10.9 Å². The first-order chi connectivity index (χ1) is 6.20. The van der Waals surface area contributed by atoms with Gasteiger partial charge in [0.25, 0.3) is 0 Å². The van der Waals surface area contributed by atoms with Gasteiger partial charge in [0, 0.05) is 0 Å². The maximum Gasteiger partial charge on any atom is 0.338 e. The molecule has 6 heteroatoms. The number of carboxylic acids is 1. The molecule has 6 nitrogen and oxygen atoms in total. The van der Waals surface area contributed by atoms with Gasteiger partial charge in [0.1, 0.15) is 11.0 Å². The molecule has 0 saturated heterocycles. The minimum absolute atomic E-state index is 0.0257. The van der Waals surface area contributed by atoms with E-state index in [4.69, 9.17) is 10.3 Å². The standard InChI is InChI=1S/C7H5N3O3/c11-7(12)4-2-1-3-5-6(4)8-9-10(5)13/h1-3,13H,(H,11,12). The summed E-state index contributed by atoms with van der Waals surface area (Å²) >= 11 is 0. The zero-order valence-electron chi connectivity index (χ0n) is 6.38. The minimum atomic E-state index is -1.09. The smallest absolute Gasteiger partial charge is 0.338 e. The highest BCUT2D eigenvalue weighted by Crippen LogP contribution is 2.14.